The van der Waals surface area contributed by atoms with Gasteiger partial charge in [0.05, 0.1) is 11.2 Å². The fourth-order valence-electron chi connectivity index (χ4n) is 4.15. The predicted octanol–water partition coefficient (Wildman–Crippen LogP) is 5.28. The number of anilines is 1. The zero-order valence-corrected chi connectivity index (χ0v) is 15.0. The van der Waals surface area contributed by atoms with Crippen molar-refractivity contribution in [1.82, 2.24) is 9.88 Å². The van der Waals surface area contributed by atoms with Crippen LogP contribution < -0.4 is 4.90 Å². The monoisotopic (exact) mass is 363 g/mol. The first-order valence-electron chi connectivity index (χ1n) is 9.18. The molecule has 1 unspecified atom stereocenters. The Kier molecular flexibility index (Phi) is 3.64. The SMILES string of the molecule is Cc1cc(F)c(N2C=C3CCCN3C2c2ccc3ncccc3c2)cc1F. The quantitative estimate of drug-likeness (QED) is 0.618. The number of halogens is 2. The molecule has 1 saturated heterocycles. The van der Waals surface area contributed by atoms with E-state index in [1.807, 2.05) is 35.4 Å². The molecule has 5 rings (SSSR count). The van der Waals surface area contributed by atoms with Crippen molar-refractivity contribution in [2.24, 2.45) is 0 Å². The van der Waals surface area contributed by atoms with Gasteiger partial charge >= 0.3 is 0 Å². The first-order valence-corrected chi connectivity index (χ1v) is 9.18. The Labute approximate surface area is 156 Å². The van der Waals surface area contributed by atoms with Gasteiger partial charge in [-0.2, -0.15) is 0 Å². The molecule has 0 amide bonds. The van der Waals surface area contributed by atoms with Crippen LogP contribution in [0.2, 0.25) is 0 Å². The van der Waals surface area contributed by atoms with Crippen molar-refractivity contribution in [1.29, 1.82) is 0 Å². The molecule has 27 heavy (non-hydrogen) atoms. The van der Waals surface area contributed by atoms with E-state index in [1.165, 1.54) is 17.8 Å². The van der Waals surface area contributed by atoms with Gasteiger partial charge in [0.1, 0.15) is 17.8 Å². The minimum absolute atomic E-state index is 0.177. The molecule has 0 aliphatic carbocycles. The van der Waals surface area contributed by atoms with Gasteiger partial charge in [0, 0.05) is 36.1 Å². The second-order valence-corrected chi connectivity index (χ2v) is 7.21. The highest BCUT2D eigenvalue weighted by atomic mass is 19.1. The largest absolute Gasteiger partial charge is 0.349 e. The van der Waals surface area contributed by atoms with Crippen LogP contribution in [0.1, 0.15) is 30.1 Å². The minimum atomic E-state index is -0.403. The lowest BCUT2D eigenvalue weighted by molar-refractivity contribution is 0.318. The van der Waals surface area contributed by atoms with E-state index in [4.69, 9.17) is 0 Å². The molecule has 1 atom stereocenters. The molecule has 3 nitrogen and oxygen atoms in total. The van der Waals surface area contributed by atoms with E-state index in [-0.39, 0.29) is 11.9 Å². The molecule has 0 N–H and O–H groups in total. The maximum absolute atomic E-state index is 14.7. The molecule has 2 aliphatic heterocycles. The standard InChI is InChI=1S/C22H19F2N3/c1-14-10-19(24)21(12-18(14)23)27-13-17-5-3-9-26(17)22(27)16-6-7-20-15(11-16)4-2-8-25-20/h2,4,6-8,10-13,22H,3,5,9H2,1H3. The summed E-state index contributed by atoms with van der Waals surface area (Å²) in [7, 11) is 0. The van der Waals surface area contributed by atoms with Crippen molar-refractivity contribution >= 4 is 16.6 Å². The molecule has 0 spiro atoms. The molecule has 1 aromatic heterocycles. The van der Waals surface area contributed by atoms with Gasteiger partial charge in [0.15, 0.2) is 0 Å². The first-order chi connectivity index (χ1) is 13.1. The number of rotatable bonds is 2. The highest BCUT2D eigenvalue weighted by molar-refractivity contribution is 5.79. The van der Waals surface area contributed by atoms with E-state index in [1.54, 1.807) is 13.1 Å². The van der Waals surface area contributed by atoms with E-state index in [0.29, 0.717) is 5.56 Å². The summed E-state index contributed by atoms with van der Waals surface area (Å²) >= 11 is 0. The van der Waals surface area contributed by atoms with Crippen molar-refractivity contribution in [2.45, 2.75) is 25.9 Å². The van der Waals surface area contributed by atoms with Crippen LogP contribution in [-0.2, 0) is 0 Å². The van der Waals surface area contributed by atoms with Crippen molar-refractivity contribution in [3.05, 3.63) is 83.3 Å². The van der Waals surface area contributed by atoms with Crippen molar-refractivity contribution in [3.8, 4) is 0 Å². The van der Waals surface area contributed by atoms with E-state index in [0.717, 1.165) is 35.9 Å². The first kappa shape index (κ1) is 16.2. The molecule has 3 heterocycles. The number of hydrogen-bond acceptors (Lipinski definition) is 3. The second-order valence-electron chi connectivity index (χ2n) is 7.21. The third-order valence-electron chi connectivity index (χ3n) is 5.48. The Morgan fingerprint density at radius 3 is 2.85 bits per heavy atom. The van der Waals surface area contributed by atoms with Gasteiger partial charge in [-0.25, -0.2) is 8.78 Å². The van der Waals surface area contributed by atoms with E-state index in [9.17, 15) is 8.78 Å². The van der Waals surface area contributed by atoms with Crippen molar-refractivity contribution < 1.29 is 8.78 Å². The smallest absolute Gasteiger partial charge is 0.147 e. The molecule has 5 heteroatoms. The van der Waals surface area contributed by atoms with Gasteiger partial charge in [0.2, 0.25) is 0 Å². The molecular weight excluding hydrogens is 344 g/mol. The molecule has 0 radical (unpaired) electrons. The molecule has 0 bridgehead atoms. The molecule has 2 aliphatic rings. The number of hydrogen-bond donors (Lipinski definition) is 0. The molecule has 0 saturated carbocycles. The number of aromatic nitrogens is 1. The highest BCUT2D eigenvalue weighted by Gasteiger charge is 2.37. The van der Waals surface area contributed by atoms with Gasteiger partial charge in [0.25, 0.3) is 0 Å². The van der Waals surface area contributed by atoms with Crippen LogP contribution >= 0.6 is 0 Å². The van der Waals surface area contributed by atoms with Crippen LogP contribution in [-0.4, -0.2) is 16.4 Å². The summed E-state index contributed by atoms with van der Waals surface area (Å²) < 4.78 is 28.9. The predicted molar refractivity (Wildman–Crippen MR) is 102 cm³/mol. The Morgan fingerprint density at radius 2 is 1.96 bits per heavy atom. The fourth-order valence-corrected chi connectivity index (χ4v) is 4.15. The fraction of sp³-hybridized carbons (Fsp3) is 0.227. The Hall–Kier alpha value is -2.95. The van der Waals surface area contributed by atoms with Crippen LogP contribution in [0.15, 0.2) is 60.6 Å². The summed E-state index contributed by atoms with van der Waals surface area (Å²) in [5.74, 6) is -0.794. The minimum Gasteiger partial charge on any atom is -0.349 e. The average molecular weight is 363 g/mol. The number of pyridine rings is 1. The lowest BCUT2D eigenvalue weighted by atomic mass is 10.1. The summed E-state index contributed by atoms with van der Waals surface area (Å²) in [6, 6.07) is 12.6. The van der Waals surface area contributed by atoms with Crippen LogP contribution in [0.3, 0.4) is 0 Å². The maximum Gasteiger partial charge on any atom is 0.147 e. The summed E-state index contributed by atoms with van der Waals surface area (Å²) in [6.07, 6.45) is 5.60. The normalized spacial score (nSPS) is 18.9. The summed E-state index contributed by atoms with van der Waals surface area (Å²) in [6.45, 7) is 2.49. The van der Waals surface area contributed by atoms with E-state index in [2.05, 4.69) is 16.0 Å². The lowest BCUT2D eigenvalue weighted by Crippen LogP contribution is -2.31. The number of benzene rings is 2. The van der Waals surface area contributed by atoms with Crippen molar-refractivity contribution in [3.63, 3.8) is 0 Å². The summed E-state index contributed by atoms with van der Waals surface area (Å²) in [5.41, 5.74) is 3.73. The van der Waals surface area contributed by atoms with Gasteiger partial charge in [-0.15, -0.1) is 0 Å². The summed E-state index contributed by atoms with van der Waals surface area (Å²) in [4.78, 5) is 8.53. The molecular formula is C22H19F2N3. The van der Waals surface area contributed by atoms with Crippen LogP contribution in [0.4, 0.5) is 14.5 Å². The van der Waals surface area contributed by atoms with E-state index >= 15 is 0 Å². The average Bonchev–Trinajstić information content (AvgIpc) is 3.25. The molecule has 1 fully saturated rings. The highest BCUT2D eigenvalue weighted by Crippen LogP contribution is 2.44. The summed E-state index contributed by atoms with van der Waals surface area (Å²) in [5, 5.41) is 1.04. The third-order valence-corrected chi connectivity index (χ3v) is 5.48. The van der Waals surface area contributed by atoms with Crippen LogP contribution in [0.5, 0.6) is 0 Å². The van der Waals surface area contributed by atoms with Gasteiger partial charge in [-0.05, 0) is 55.2 Å². The van der Waals surface area contributed by atoms with Crippen molar-refractivity contribution in [2.75, 3.05) is 11.4 Å². The molecule has 136 valence electrons. The number of allylic oxidation sites excluding steroid dienone is 1. The number of aryl methyl sites for hydroxylation is 1. The maximum atomic E-state index is 14.7. The van der Waals surface area contributed by atoms with Gasteiger partial charge < -0.3 is 9.80 Å². The number of nitrogens with zero attached hydrogens (tertiary/aromatic N) is 3. The van der Waals surface area contributed by atoms with Gasteiger partial charge in [-0.3, -0.25) is 4.98 Å². The molecule has 2 aromatic carbocycles. The third kappa shape index (κ3) is 2.57. The Balaban J connectivity index is 1.65. The Morgan fingerprint density at radius 1 is 1.07 bits per heavy atom. The van der Waals surface area contributed by atoms with Crippen LogP contribution in [0.25, 0.3) is 10.9 Å². The topological polar surface area (TPSA) is 19.4 Å². The van der Waals surface area contributed by atoms with Crippen LogP contribution in [0, 0.1) is 18.6 Å². The Bertz CT molecular complexity index is 1080. The second kappa shape index (κ2) is 6.05. The zero-order chi connectivity index (χ0) is 18.5. The van der Waals surface area contributed by atoms with Gasteiger partial charge in [-0.1, -0.05) is 12.1 Å². The number of fused-ring (bicyclic) bond motifs is 2. The molecule has 3 aromatic rings. The lowest BCUT2D eigenvalue weighted by Gasteiger charge is -2.33. The van der Waals surface area contributed by atoms with E-state index < -0.39 is 11.6 Å². The zero-order valence-electron chi connectivity index (χ0n) is 15.0.